The van der Waals surface area contributed by atoms with Gasteiger partial charge in [-0.2, -0.15) is 0 Å². The van der Waals surface area contributed by atoms with Gasteiger partial charge in [-0.15, -0.1) is 0 Å². The summed E-state index contributed by atoms with van der Waals surface area (Å²) in [6.45, 7) is 10.2. The van der Waals surface area contributed by atoms with Crippen LogP contribution in [0.4, 0.5) is 0 Å². The van der Waals surface area contributed by atoms with Crippen LogP contribution in [0.5, 0.6) is 11.5 Å². The molecular weight excluding hydrogens is 380 g/mol. The van der Waals surface area contributed by atoms with E-state index in [1.54, 1.807) is 0 Å². The summed E-state index contributed by atoms with van der Waals surface area (Å²) in [6, 6.07) is 11.6. The van der Waals surface area contributed by atoms with Gasteiger partial charge in [0.25, 0.3) is 0 Å². The molecule has 0 radical (unpaired) electrons. The van der Waals surface area contributed by atoms with Crippen LogP contribution < -0.4 is 9.47 Å². The monoisotopic (exact) mass is 404 g/mol. The molecule has 0 aromatic heterocycles. The Morgan fingerprint density at radius 1 is 1.00 bits per heavy atom. The predicted octanol–water partition coefficient (Wildman–Crippen LogP) is 5.99. The first-order chi connectivity index (χ1) is 11.8. The van der Waals surface area contributed by atoms with Crippen LogP contribution in [0.15, 0.2) is 40.9 Å². The lowest BCUT2D eigenvalue weighted by Gasteiger charge is -2.16. The molecule has 0 aliphatic carbocycles. The molecule has 0 spiro atoms. The Bertz CT molecular complexity index is 751. The summed E-state index contributed by atoms with van der Waals surface area (Å²) in [4.78, 5) is 12.2. The first-order valence-electron chi connectivity index (χ1n) is 8.52. The van der Waals surface area contributed by atoms with Crippen LogP contribution in [0.3, 0.4) is 0 Å². The number of ether oxygens (including phenoxy) is 2. The van der Waals surface area contributed by atoms with Crippen molar-refractivity contribution in [3.63, 3.8) is 0 Å². The molecule has 2 aromatic carbocycles. The highest BCUT2D eigenvalue weighted by Gasteiger charge is 2.15. The lowest BCUT2D eigenvalue weighted by Crippen LogP contribution is -2.19. The van der Waals surface area contributed by atoms with Crippen LogP contribution in [0.2, 0.25) is 0 Å². The molecular formula is C21H25BrO3. The van der Waals surface area contributed by atoms with E-state index in [1.807, 2.05) is 37.3 Å². The van der Waals surface area contributed by atoms with Gasteiger partial charge in [0.15, 0.2) is 6.61 Å². The minimum atomic E-state index is -0.400. The second-order valence-corrected chi connectivity index (χ2v) is 7.60. The molecule has 0 heterocycles. The number of halogens is 1. The number of aryl methyl sites for hydroxylation is 1. The Morgan fingerprint density at radius 2 is 1.64 bits per heavy atom. The quantitative estimate of drug-likeness (QED) is 0.438. The largest absolute Gasteiger partial charge is 0.482 e. The van der Waals surface area contributed by atoms with E-state index in [0.717, 1.165) is 26.9 Å². The van der Waals surface area contributed by atoms with E-state index in [2.05, 4.69) is 49.7 Å². The van der Waals surface area contributed by atoms with Gasteiger partial charge in [-0.1, -0.05) is 61.8 Å². The molecule has 2 rings (SSSR count). The zero-order valence-corrected chi connectivity index (χ0v) is 17.0. The number of hydrogen-bond acceptors (Lipinski definition) is 3. The molecule has 0 unspecified atom stereocenters. The summed E-state index contributed by atoms with van der Waals surface area (Å²) in [5.74, 6) is 1.51. The van der Waals surface area contributed by atoms with E-state index >= 15 is 0 Å². The summed E-state index contributed by atoms with van der Waals surface area (Å²) in [5.41, 5.74) is 3.14. The van der Waals surface area contributed by atoms with Gasteiger partial charge in [0.05, 0.1) is 0 Å². The molecule has 0 fully saturated rings. The van der Waals surface area contributed by atoms with Gasteiger partial charge < -0.3 is 9.47 Å². The van der Waals surface area contributed by atoms with Crippen molar-refractivity contribution in [2.45, 2.75) is 46.5 Å². The van der Waals surface area contributed by atoms with E-state index in [4.69, 9.17) is 9.47 Å². The topological polar surface area (TPSA) is 35.5 Å². The Kier molecular flexibility index (Phi) is 6.65. The van der Waals surface area contributed by atoms with E-state index in [-0.39, 0.29) is 12.5 Å². The zero-order valence-electron chi connectivity index (χ0n) is 15.4. The molecule has 0 N–H and O–H groups in total. The lowest BCUT2D eigenvalue weighted by atomic mass is 10.0. The zero-order chi connectivity index (χ0) is 18.6. The molecule has 0 aliphatic heterocycles. The van der Waals surface area contributed by atoms with Crippen molar-refractivity contribution in [2.75, 3.05) is 6.61 Å². The van der Waals surface area contributed by atoms with Crippen molar-refractivity contribution in [1.82, 2.24) is 0 Å². The van der Waals surface area contributed by atoms with Crippen molar-refractivity contribution in [2.24, 2.45) is 0 Å². The van der Waals surface area contributed by atoms with Gasteiger partial charge in [-0.3, -0.25) is 0 Å². The maximum Gasteiger partial charge on any atom is 0.349 e. The average Bonchev–Trinajstić information content (AvgIpc) is 2.55. The Labute approximate surface area is 158 Å². The third kappa shape index (κ3) is 5.08. The average molecular weight is 405 g/mol. The third-order valence-corrected chi connectivity index (χ3v) is 4.88. The van der Waals surface area contributed by atoms with Crippen LogP contribution in [0, 0.1) is 6.92 Å². The van der Waals surface area contributed by atoms with Crippen molar-refractivity contribution in [3.05, 3.63) is 57.6 Å². The number of rotatable bonds is 6. The van der Waals surface area contributed by atoms with Crippen LogP contribution in [-0.4, -0.2) is 12.6 Å². The van der Waals surface area contributed by atoms with Crippen molar-refractivity contribution >= 4 is 21.9 Å². The Balaban J connectivity index is 2.10. The molecule has 25 heavy (non-hydrogen) atoms. The van der Waals surface area contributed by atoms with Gasteiger partial charge in [0.2, 0.25) is 0 Å². The van der Waals surface area contributed by atoms with Crippen molar-refractivity contribution < 1.29 is 14.3 Å². The van der Waals surface area contributed by atoms with Crippen LogP contribution in [-0.2, 0) is 4.79 Å². The molecule has 0 aliphatic rings. The highest BCUT2D eigenvalue weighted by molar-refractivity contribution is 9.10. The van der Waals surface area contributed by atoms with Gasteiger partial charge in [-0.05, 0) is 53.6 Å². The summed E-state index contributed by atoms with van der Waals surface area (Å²) >= 11 is 3.55. The standard InChI is InChI=1S/C21H25BrO3/c1-13(2)16-8-6-7-9-19(16)25-21(23)12-24-20-10-15(5)18(22)11-17(20)14(3)4/h6-11,13-14H,12H2,1-5H3. The predicted molar refractivity (Wildman–Crippen MR) is 105 cm³/mol. The first kappa shape index (κ1) is 19.5. The van der Waals surface area contributed by atoms with Crippen molar-refractivity contribution in [1.29, 1.82) is 0 Å². The molecule has 3 nitrogen and oxygen atoms in total. The molecule has 0 saturated heterocycles. The number of benzene rings is 2. The van der Waals surface area contributed by atoms with E-state index < -0.39 is 5.97 Å². The summed E-state index contributed by atoms with van der Waals surface area (Å²) in [7, 11) is 0. The van der Waals surface area contributed by atoms with Crippen molar-refractivity contribution in [3.8, 4) is 11.5 Å². The highest BCUT2D eigenvalue weighted by Crippen LogP contribution is 2.32. The van der Waals surface area contributed by atoms with E-state index in [9.17, 15) is 4.79 Å². The maximum atomic E-state index is 12.2. The van der Waals surface area contributed by atoms with Crippen LogP contribution in [0.1, 0.15) is 56.2 Å². The van der Waals surface area contributed by atoms with E-state index in [1.165, 1.54) is 0 Å². The highest BCUT2D eigenvalue weighted by atomic mass is 79.9. The second kappa shape index (κ2) is 8.52. The third-order valence-electron chi connectivity index (χ3n) is 4.02. The Hall–Kier alpha value is -1.81. The van der Waals surface area contributed by atoms with Gasteiger partial charge in [0.1, 0.15) is 11.5 Å². The first-order valence-corrected chi connectivity index (χ1v) is 9.31. The van der Waals surface area contributed by atoms with Crippen LogP contribution >= 0.6 is 15.9 Å². The fourth-order valence-corrected chi connectivity index (χ4v) is 2.95. The minimum Gasteiger partial charge on any atom is -0.482 e. The summed E-state index contributed by atoms with van der Waals surface area (Å²) in [6.07, 6.45) is 0. The molecule has 0 saturated carbocycles. The van der Waals surface area contributed by atoms with Gasteiger partial charge in [-0.25, -0.2) is 4.79 Å². The Morgan fingerprint density at radius 3 is 2.28 bits per heavy atom. The van der Waals surface area contributed by atoms with E-state index in [0.29, 0.717) is 11.7 Å². The van der Waals surface area contributed by atoms with Crippen LogP contribution in [0.25, 0.3) is 0 Å². The number of hydrogen-bond donors (Lipinski definition) is 0. The summed E-state index contributed by atoms with van der Waals surface area (Å²) < 4.78 is 12.3. The molecule has 4 heteroatoms. The lowest BCUT2D eigenvalue weighted by molar-refractivity contribution is -0.136. The molecule has 0 amide bonds. The summed E-state index contributed by atoms with van der Waals surface area (Å²) in [5, 5.41) is 0. The maximum absolute atomic E-state index is 12.2. The SMILES string of the molecule is Cc1cc(OCC(=O)Oc2ccccc2C(C)C)c(C(C)C)cc1Br. The normalized spacial score (nSPS) is 11.0. The molecule has 0 bridgehead atoms. The number of esters is 1. The number of carbonyl (C=O) groups excluding carboxylic acids is 1. The minimum absolute atomic E-state index is 0.118. The second-order valence-electron chi connectivity index (χ2n) is 6.75. The number of para-hydroxylation sites is 1. The molecule has 0 atom stereocenters. The smallest absolute Gasteiger partial charge is 0.349 e. The number of carbonyl (C=O) groups is 1. The van der Waals surface area contributed by atoms with Gasteiger partial charge in [0, 0.05) is 4.47 Å². The molecule has 134 valence electrons. The van der Waals surface area contributed by atoms with Gasteiger partial charge >= 0.3 is 5.97 Å². The fraction of sp³-hybridized carbons (Fsp3) is 0.381. The fourth-order valence-electron chi connectivity index (χ4n) is 2.59. The molecule has 2 aromatic rings.